The largest absolute Gasteiger partial charge is 0.573 e. The number of ether oxygens (including phenoxy) is 1. The van der Waals surface area contributed by atoms with Crippen LogP contribution >= 0.6 is 0 Å². The number of alkyl halides is 3. The number of fused-ring (bicyclic) bond motifs is 1. The molecule has 5 rings (SSSR count). The maximum Gasteiger partial charge on any atom is 0.573 e. The Kier molecular flexibility index (Phi) is 6.96. The van der Waals surface area contributed by atoms with Crippen molar-refractivity contribution in [1.29, 1.82) is 0 Å². The van der Waals surface area contributed by atoms with Crippen LogP contribution in [0.25, 0.3) is 22.3 Å². The highest BCUT2D eigenvalue weighted by atomic mass is 19.4. The van der Waals surface area contributed by atoms with E-state index in [4.69, 9.17) is 0 Å². The summed E-state index contributed by atoms with van der Waals surface area (Å²) in [6.45, 7) is 3.34. The number of benzene rings is 2. The number of aromatic amines is 1. The van der Waals surface area contributed by atoms with Crippen LogP contribution in [0, 0.1) is 0 Å². The lowest BCUT2D eigenvalue weighted by Gasteiger charge is -2.35. The average molecular weight is 540 g/mol. The third-order valence-electron chi connectivity index (χ3n) is 6.10. The van der Waals surface area contributed by atoms with Crippen LogP contribution < -0.4 is 20.3 Å². The number of carbonyl (C=O) groups is 2. The average Bonchev–Trinajstić information content (AvgIpc) is 3.34. The Labute approximate surface area is 220 Å². The number of anilines is 3. The van der Waals surface area contributed by atoms with Crippen molar-refractivity contribution in [2.45, 2.75) is 13.3 Å². The van der Waals surface area contributed by atoms with Crippen LogP contribution in [0.2, 0.25) is 0 Å². The summed E-state index contributed by atoms with van der Waals surface area (Å²) >= 11 is 0. The van der Waals surface area contributed by atoms with Gasteiger partial charge in [0, 0.05) is 55.7 Å². The van der Waals surface area contributed by atoms with Crippen molar-refractivity contribution in [3.8, 4) is 17.0 Å². The first kappa shape index (κ1) is 25.8. The molecule has 1 fully saturated rings. The second-order valence-electron chi connectivity index (χ2n) is 8.88. The zero-order valence-corrected chi connectivity index (χ0v) is 20.7. The molecule has 4 aromatic rings. The quantitative estimate of drug-likeness (QED) is 0.335. The molecule has 0 saturated carbocycles. The molecule has 0 bridgehead atoms. The van der Waals surface area contributed by atoms with Gasteiger partial charge in [0.2, 0.25) is 5.91 Å². The summed E-state index contributed by atoms with van der Waals surface area (Å²) in [5, 5.41) is 6.31. The summed E-state index contributed by atoms with van der Waals surface area (Å²) in [4.78, 5) is 40.0. The molecular formula is C26H24F3N7O3. The topological polar surface area (TPSA) is 115 Å². The number of halogens is 3. The third kappa shape index (κ3) is 6.20. The van der Waals surface area contributed by atoms with E-state index in [9.17, 15) is 22.8 Å². The molecular weight excluding hydrogens is 515 g/mol. The summed E-state index contributed by atoms with van der Waals surface area (Å²) in [5.74, 6) is 0.220. The predicted octanol–water partition coefficient (Wildman–Crippen LogP) is 4.84. The van der Waals surface area contributed by atoms with Crippen LogP contribution in [0.15, 0.2) is 60.9 Å². The van der Waals surface area contributed by atoms with Crippen molar-refractivity contribution in [3.05, 3.63) is 60.9 Å². The predicted molar refractivity (Wildman–Crippen MR) is 140 cm³/mol. The lowest BCUT2D eigenvalue weighted by Crippen LogP contribution is -2.50. The Bertz CT molecular complexity index is 1500. The maximum absolute atomic E-state index is 12.7. The van der Waals surface area contributed by atoms with Crippen LogP contribution in [0.1, 0.15) is 6.92 Å². The van der Waals surface area contributed by atoms with E-state index in [1.807, 2.05) is 30.3 Å². The van der Waals surface area contributed by atoms with Gasteiger partial charge in [-0.2, -0.15) is 0 Å². The maximum atomic E-state index is 12.7. The van der Waals surface area contributed by atoms with E-state index in [0.29, 0.717) is 43.2 Å². The number of piperazine rings is 1. The van der Waals surface area contributed by atoms with Gasteiger partial charge in [0.1, 0.15) is 23.5 Å². The number of urea groups is 1. The molecule has 0 atom stereocenters. The number of nitrogens with zero attached hydrogens (tertiary/aromatic N) is 4. The highest BCUT2D eigenvalue weighted by Crippen LogP contribution is 2.30. The molecule has 0 spiro atoms. The van der Waals surface area contributed by atoms with Gasteiger partial charge in [0.25, 0.3) is 0 Å². The van der Waals surface area contributed by atoms with Gasteiger partial charge >= 0.3 is 12.4 Å². The van der Waals surface area contributed by atoms with Crippen molar-refractivity contribution >= 4 is 40.2 Å². The Morgan fingerprint density at radius 3 is 2.38 bits per heavy atom. The number of rotatable bonds is 5. The van der Waals surface area contributed by atoms with Gasteiger partial charge < -0.3 is 30.2 Å². The number of carbonyl (C=O) groups excluding carboxylic acids is 2. The van der Waals surface area contributed by atoms with Crippen molar-refractivity contribution in [2.24, 2.45) is 0 Å². The molecule has 2 aromatic heterocycles. The van der Waals surface area contributed by atoms with Gasteiger partial charge in [0.15, 0.2) is 0 Å². The number of hydrogen-bond acceptors (Lipinski definition) is 6. The summed E-state index contributed by atoms with van der Waals surface area (Å²) in [7, 11) is 0. The van der Waals surface area contributed by atoms with E-state index >= 15 is 0 Å². The second-order valence-corrected chi connectivity index (χ2v) is 8.88. The van der Waals surface area contributed by atoms with Crippen LogP contribution in [0.5, 0.6) is 5.75 Å². The van der Waals surface area contributed by atoms with Crippen LogP contribution in [0.4, 0.5) is 35.2 Å². The monoisotopic (exact) mass is 539 g/mol. The summed E-state index contributed by atoms with van der Waals surface area (Å²) in [6.07, 6.45) is -3.29. The molecule has 0 radical (unpaired) electrons. The molecule has 0 aliphatic carbocycles. The molecule has 39 heavy (non-hydrogen) atoms. The number of nitrogens with one attached hydrogen (secondary N) is 3. The molecule has 1 saturated heterocycles. The fraction of sp³-hybridized carbons (Fsp3) is 0.231. The van der Waals surface area contributed by atoms with Gasteiger partial charge in [-0.1, -0.05) is 12.1 Å². The Hall–Kier alpha value is -4.81. The first-order valence-corrected chi connectivity index (χ1v) is 12.0. The normalized spacial score (nSPS) is 13.8. The van der Waals surface area contributed by atoms with Gasteiger partial charge in [-0.3, -0.25) is 4.79 Å². The molecule has 2 aromatic carbocycles. The highest BCUT2D eigenvalue weighted by Gasteiger charge is 2.31. The van der Waals surface area contributed by atoms with Gasteiger partial charge in [0.05, 0.1) is 5.39 Å². The molecule has 1 aliphatic heterocycles. The number of aromatic nitrogens is 3. The van der Waals surface area contributed by atoms with E-state index in [1.165, 1.54) is 25.4 Å². The molecule has 0 unspecified atom stereocenters. The molecule has 3 N–H and O–H groups in total. The minimum Gasteiger partial charge on any atom is -0.406 e. The molecule has 1 aliphatic rings. The molecule has 202 valence electrons. The smallest absolute Gasteiger partial charge is 0.406 e. The standard InChI is InChI=1S/C26H24F3N7O3/c1-16(37)32-19-4-2-3-17(13-19)22-14-21-23(34-22)30-15-31-24(21)35-9-11-36(12-10-35)25(38)33-18-5-7-20(8-6-18)39-26(27,28)29/h2-8,13-15H,9-12H2,1H3,(H,32,37)(H,33,38)(H,30,31,34). The zero-order chi connectivity index (χ0) is 27.6. The zero-order valence-electron chi connectivity index (χ0n) is 20.7. The fourth-order valence-electron chi connectivity index (χ4n) is 4.37. The van der Waals surface area contributed by atoms with Crippen LogP contribution in [0.3, 0.4) is 0 Å². The number of hydrogen-bond donors (Lipinski definition) is 3. The minimum atomic E-state index is -4.78. The van der Waals surface area contributed by atoms with Crippen LogP contribution in [-0.2, 0) is 4.79 Å². The lowest BCUT2D eigenvalue weighted by atomic mass is 10.1. The minimum absolute atomic E-state index is 0.154. The van der Waals surface area contributed by atoms with Gasteiger partial charge in [-0.15, -0.1) is 13.2 Å². The third-order valence-corrected chi connectivity index (χ3v) is 6.10. The van der Waals surface area contributed by atoms with Crippen molar-refractivity contribution < 1.29 is 27.5 Å². The Balaban J connectivity index is 1.24. The fourth-order valence-corrected chi connectivity index (χ4v) is 4.37. The second kappa shape index (κ2) is 10.5. The van der Waals surface area contributed by atoms with E-state index in [-0.39, 0.29) is 17.7 Å². The van der Waals surface area contributed by atoms with Crippen molar-refractivity contribution in [2.75, 3.05) is 41.7 Å². The Morgan fingerprint density at radius 1 is 0.949 bits per heavy atom. The summed E-state index contributed by atoms with van der Waals surface area (Å²) in [5.41, 5.74) is 3.41. The molecule has 3 amide bonds. The summed E-state index contributed by atoms with van der Waals surface area (Å²) in [6, 6.07) is 14.1. The van der Waals surface area contributed by atoms with Gasteiger partial charge in [-0.05, 0) is 42.5 Å². The van der Waals surface area contributed by atoms with E-state index in [1.54, 1.807) is 4.90 Å². The van der Waals surface area contributed by atoms with E-state index < -0.39 is 6.36 Å². The van der Waals surface area contributed by atoms with Crippen molar-refractivity contribution in [3.63, 3.8) is 0 Å². The lowest BCUT2D eigenvalue weighted by molar-refractivity contribution is -0.274. The van der Waals surface area contributed by atoms with Crippen LogP contribution in [-0.4, -0.2) is 64.3 Å². The van der Waals surface area contributed by atoms with E-state index in [0.717, 1.165) is 34.6 Å². The molecule has 13 heteroatoms. The molecule has 3 heterocycles. The Morgan fingerprint density at radius 2 is 1.69 bits per heavy atom. The SMILES string of the molecule is CC(=O)Nc1cccc(-c2cc3c(N4CCN(C(=O)Nc5ccc(OC(F)(F)F)cc5)CC4)ncnc3[nH]2)c1. The first-order chi connectivity index (χ1) is 18.6. The highest BCUT2D eigenvalue weighted by molar-refractivity contribution is 5.94. The molecule has 10 nitrogen and oxygen atoms in total. The first-order valence-electron chi connectivity index (χ1n) is 12.0. The van der Waals surface area contributed by atoms with Crippen molar-refractivity contribution in [1.82, 2.24) is 19.9 Å². The van der Waals surface area contributed by atoms with E-state index in [2.05, 4.69) is 35.2 Å². The number of H-pyrrole nitrogens is 1. The van der Waals surface area contributed by atoms with Gasteiger partial charge in [-0.25, -0.2) is 14.8 Å². The number of amides is 3. The summed E-state index contributed by atoms with van der Waals surface area (Å²) < 4.78 is 40.9.